The minimum atomic E-state index is -4.52. The van der Waals surface area contributed by atoms with Crippen LogP contribution in [-0.2, 0) is 27.9 Å². The molecule has 0 aliphatic rings. The van der Waals surface area contributed by atoms with E-state index >= 15 is 0 Å². The molecule has 0 saturated heterocycles. The van der Waals surface area contributed by atoms with Crippen molar-refractivity contribution >= 4 is 13.8 Å². The Morgan fingerprint density at radius 1 is 0.564 bits per heavy atom. The molecule has 55 heavy (non-hydrogen) atoms. The van der Waals surface area contributed by atoms with Crippen molar-refractivity contribution in [2.24, 2.45) is 0 Å². The van der Waals surface area contributed by atoms with Gasteiger partial charge in [-0.1, -0.05) is 186 Å². The average molecular weight is 803 g/mol. The highest BCUT2D eigenvalue weighted by molar-refractivity contribution is 7.47. The molecule has 0 aliphatic carbocycles. The van der Waals surface area contributed by atoms with E-state index in [0.29, 0.717) is 6.61 Å². The maximum absolute atomic E-state index is 12.6. The van der Waals surface area contributed by atoms with Crippen LogP contribution in [0.3, 0.4) is 0 Å². The van der Waals surface area contributed by atoms with Crippen molar-refractivity contribution in [3.63, 3.8) is 0 Å². The summed E-state index contributed by atoms with van der Waals surface area (Å²) >= 11 is 0. The lowest BCUT2D eigenvalue weighted by Gasteiger charge is -2.20. The fourth-order valence-electron chi connectivity index (χ4n) is 6.39. The normalized spacial score (nSPS) is 14.2. The monoisotopic (exact) mass is 803 g/mol. The molecule has 9 nitrogen and oxygen atoms in total. The highest BCUT2D eigenvalue weighted by atomic mass is 31.2. The molecular weight excluding hydrogens is 715 g/mol. The Labute approximate surface area is 338 Å². The Hall–Kier alpha value is -1.06. The van der Waals surface area contributed by atoms with Gasteiger partial charge in [0.2, 0.25) is 0 Å². The maximum Gasteiger partial charge on any atom is 0.472 e. The molecule has 0 fully saturated rings. The zero-order valence-electron chi connectivity index (χ0n) is 35.7. The van der Waals surface area contributed by atoms with Crippen LogP contribution in [0.5, 0.6) is 0 Å². The van der Waals surface area contributed by atoms with E-state index in [2.05, 4.69) is 38.2 Å². The number of phosphoric acid groups is 1. The maximum atomic E-state index is 12.6. The van der Waals surface area contributed by atoms with Crippen LogP contribution >= 0.6 is 7.82 Å². The van der Waals surface area contributed by atoms with Crippen LogP contribution in [0.15, 0.2) is 24.3 Å². The largest absolute Gasteiger partial charge is 0.472 e. The molecular formula is C45H87O9P. The van der Waals surface area contributed by atoms with Gasteiger partial charge in [-0.05, 0) is 44.9 Å². The molecule has 0 amide bonds. The molecule has 0 spiro atoms. The number of phosphoric ester groups is 1. The number of carbonyl (C=O) groups is 1. The van der Waals surface area contributed by atoms with E-state index in [1.807, 2.05) is 0 Å². The lowest BCUT2D eigenvalue weighted by atomic mass is 10.0. The van der Waals surface area contributed by atoms with Crippen LogP contribution in [-0.4, -0.2) is 66.3 Å². The summed E-state index contributed by atoms with van der Waals surface area (Å²) in [7, 11) is -4.52. The fourth-order valence-corrected chi connectivity index (χ4v) is 7.18. The van der Waals surface area contributed by atoms with Crippen molar-refractivity contribution in [3.8, 4) is 0 Å². The number of hydrogen-bond acceptors (Lipinski definition) is 8. The molecule has 0 aromatic carbocycles. The standard InChI is InChI=1S/C45H87O9P/c1-3-5-7-9-11-13-15-17-19-21-23-25-27-29-31-33-35-37-45(48)54-44(42-53-55(49,50)52-40-43(47)39-46)41-51-38-36-34-32-30-28-26-24-22-20-18-16-14-12-10-8-6-4-2/h11,13,17,19,43-44,46-47H,3-10,12,14-16,18,20-42H2,1-2H3,(H,49,50)/b13-11-,19-17-. The van der Waals surface area contributed by atoms with Gasteiger partial charge in [0.25, 0.3) is 0 Å². The van der Waals surface area contributed by atoms with Gasteiger partial charge in [0.05, 0.1) is 26.4 Å². The first-order valence-electron chi connectivity index (χ1n) is 22.8. The second-order valence-electron chi connectivity index (χ2n) is 15.4. The number of unbranched alkanes of at least 4 members (excludes halogenated alkanes) is 26. The van der Waals surface area contributed by atoms with Crippen molar-refractivity contribution in [1.82, 2.24) is 0 Å². The van der Waals surface area contributed by atoms with Crippen molar-refractivity contribution < 1.29 is 43.0 Å². The van der Waals surface area contributed by atoms with Crippen LogP contribution < -0.4 is 0 Å². The third-order valence-corrected chi connectivity index (χ3v) is 10.8. The van der Waals surface area contributed by atoms with E-state index in [9.17, 15) is 19.4 Å². The molecule has 0 heterocycles. The van der Waals surface area contributed by atoms with E-state index < -0.39 is 33.2 Å². The predicted octanol–water partition coefficient (Wildman–Crippen LogP) is 12.6. The van der Waals surface area contributed by atoms with Crippen LogP contribution in [0.25, 0.3) is 0 Å². The Morgan fingerprint density at radius 3 is 1.49 bits per heavy atom. The van der Waals surface area contributed by atoms with Gasteiger partial charge in [-0.25, -0.2) is 4.57 Å². The van der Waals surface area contributed by atoms with E-state index in [1.54, 1.807) is 0 Å². The molecule has 0 radical (unpaired) electrons. The smallest absolute Gasteiger partial charge is 0.457 e. The Bertz CT molecular complexity index is 913. The highest BCUT2D eigenvalue weighted by Crippen LogP contribution is 2.43. The number of ether oxygens (including phenoxy) is 2. The summed E-state index contributed by atoms with van der Waals surface area (Å²) in [6.07, 6.45) is 44.1. The van der Waals surface area contributed by atoms with Gasteiger partial charge in [-0.3, -0.25) is 13.8 Å². The summed E-state index contributed by atoms with van der Waals surface area (Å²) in [6, 6.07) is 0. The SMILES string of the molecule is CCCCC/C=C\C/C=C\CCCCCCCCCC(=O)OC(COCCCCCCCCCCCCCCCCCCC)COP(=O)(O)OCC(O)CO. The minimum absolute atomic E-state index is 0.0504. The second kappa shape index (κ2) is 42.5. The number of hydrogen-bond donors (Lipinski definition) is 3. The van der Waals surface area contributed by atoms with Gasteiger partial charge in [0.1, 0.15) is 12.2 Å². The lowest BCUT2D eigenvalue weighted by Crippen LogP contribution is -2.29. The molecule has 0 aromatic heterocycles. The summed E-state index contributed by atoms with van der Waals surface area (Å²) in [6.45, 7) is 3.52. The third-order valence-electron chi connectivity index (χ3n) is 9.89. The van der Waals surface area contributed by atoms with Gasteiger partial charge in [0, 0.05) is 13.0 Å². The molecule has 0 aromatic rings. The van der Waals surface area contributed by atoms with E-state index in [0.717, 1.165) is 51.4 Å². The van der Waals surface area contributed by atoms with Gasteiger partial charge in [-0.2, -0.15) is 0 Å². The summed E-state index contributed by atoms with van der Waals surface area (Å²) in [5.74, 6) is -0.387. The fraction of sp³-hybridized carbons (Fsp3) is 0.889. The summed E-state index contributed by atoms with van der Waals surface area (Å²) in [5.41, 5.74) is 0. The van der Waals surface area contributed by atoms with E-state index in [-0.39, 0.29) is 25.6 Å². The zero-order valence-corrected chi connectivity index (χ0v) is 36.6. The number of rotatable bonds is 44. The summed E-state index contributed by atoms with van der Waals surface area (Å²) in [4.78, 5) is 22.6. The Kier molecular flexibility index (Phi) is 41.7. The molecule has 3 N–H and O–H groups in total. The van der Waals surface area contributed by atoms with E-state index in [1.165, 1.54) is 141 Å². The molecule has 0 saturated carbocycles. The van der Waals surface area contributed by atoms with Crippen molar-refractivity contribution in [2.75, 3.05) is 33.0 Å². The zero-order chi connectivity index (χ0) is 40.3. The topological polar surface area (TPSA) is 132 Å². The predicted molar refractivity (Wildman–Crippen MR) is 228 cm³/mol. The molecule has 3 unspecified atom stereocenters. The summed E-state index contributed by atoms with van der Waals surface area (Å²) in [5, 5.41) is 18.4. The van der Waals surface area contributed by atoms with Crippen LogP contribution in [0.2, 0.25) is 0 Å². The minimum Gasteiger partial charge on any atom is -0.457 e. The number of aliphatic hydroxyl groups is 2. The number of aliphatic hydroxyl groups excluding tert-OH is 2. The third kappa shape index (κ3) is 42.4. The van der Waals surface area contributed by atoms with Gasteiger partial charge >= 0.3 is 13.8 Å². The first-order valence-corrected chi connectivity index (χ1v) is 24.3. The molecule has 0 rings (SSSR count). The van der Waals surface area contributed by atoms with Gasteiger partial charge < -0.3 is 24.6 Å². The molecule has 0 aliphatic heterocycles. The number of carbonyl (C=O) groups excluding carboxylic acids is 1. The quantitative estimate of drug-likeness (QED) is 0.0238. The highest BCUT2D eigenvalue weighted by Gasteiger charge is 2.26. The summed E-state index contributed by atoms with van der Waals surface area (Å²) < 4.78 is 33.4. The Balaban J connectivity index is 4.13. The van der Waals surface area contributed by atoms with Crippen molar-refractivity contribution in [1.29, 1.82) is 0 Å². The lowest BCUT2D eigenvalue weighted by molar-refractivity contribution is -0.154. The van der Waals surface area contributed by atoms with Crippen molar-refractivity contribution in [2.45, 2.75) is 225 Å². The first kappa shape index (κ1) is 53.9. The van der Waals surface area contributed by atoms with Crippen molar-refractivity contribution in [3.05, 3.63) is 24.3 Å². The van der Waals surface area contributed by atoms with Crippen LogP contribution in [0, 0.1) is 0 Å². The molecule has 326 valence electrons. The number of esters is 1. The second-order valence-corrected chi connectivity index (χ2v) is 16.9. The number of allylic oxidation sites excluding steroid dienone is 4. The molecule has 3 atom stereocenters. The average Bonchev–Trinajstić information content (AvgIpc) is 3.18. The van der Waals surface area contributed by atoms with E-state index in [4.69, 9.17) is 23.6 Å². The first-order chi connectivity index (χ1) is 26.8. The van der Waals surface area contributed by atoms with Gasteiger partial charge in [-0.15, -0.1) is 0 Å². The molecule has 0 bridgehead atoms. The molecule has 10 heteroatoms. The Morgan fingerprint density at radius 2 is 0.982 bits per heavy atom. The van der Waals surface area contributed by atoms with Gasteiger partial charge in [0.15, 0.2) is 0 Å². The van der Waals surface area contributed by atoms with Crippen LogP contribution in [0.1, 0.15) is 213 Å². The van der Waals surface area contributed by atoms with Crippen LogP contribution in [0.4, 0.5) is 0 Å².